The molecule has 82 valence electrons. The van der Waals surface area contributed by atoms with Gasteiger partial charge in [0.25, 0.3) is 0 Å². The summed E-state index contributed by atoms with van der Waals surface area (Å²) in [6.07, 6.45) is 1.95. The Labute approximate surface area is 89.2 Å². The third-order valence-corrected chi connectivity index (χ3v) is 2.89. The van der Waals surface area contributed by atoms with Gasteiger partial charge in [0, 0.05) is 19.3 Å². The number of hydrogen-bond donors (Lipinski definition) is 1. The largest absolute Gasteiger partial charge is 0.381 e. The van der Waals surface area contributed by atoms with Gasteiger partial charge in [0.1, 0.15) is 5.82 Å². The van der Waals surface area contributed by atoms with E-state index in [-0.39, 0.29) is 11.9 Å². The summed E-state index contributed by atoms with van der Waals surface area (Å²) >= 11 is 0. The van der Waals surface area contributed by atoms with Crippen LogP contribution in [0.5, 0.6) is 0 Å². The van der Waals surface area contributed by atoms with Crippen molar-refractivity contribution in [3.8, 4) is 0 Å². The van der Waals surface area contributed by atoms with Crippen LogP contribution in [0.15, 0.2) is 24.3 Å². The Kier molecular flexibility index (Phi) is 3.34. The highest BCUT2D eigenvalue weighted by atomic mass is 19.1. The minimum Gasteiger partial charge on any atom is -0.381 e. The lowest BCUT2D eigenvalue weighted by Crippen LogP contribution is -2.15. The van der Waals surface area contributed by atoms with E-state index in [1.54, 1.807) is 6.07 Å². The standard InChI is InChI=1S/C12H16FNO/c13-11-3-1-2-10(7-11)12(14)6-9-4-5-15-8-9/h1-3,7,9,12H,4-6,8,14H2. The molecule has 2 atom stereocenters. The summed E-state index contributed by atoms with van der Waals surface area (Å²) < 4.78 is 18.2. The molecule has 1 fully saturated rings. The van der Waals surface area contributed by atoms with Crippen molar-refractivity contribution in [2.75, 3.05) is 13.2 Å². The lowest BCUT2D eigenvalue weighted by atomic mass is 9.95. The second kappa shape index (κ2) is 4.73. The maximum absolute atomic E-state index is 13.0. The van der Waals surface area contributed by atoms with Crippen LogP contribution in [0.2, 0.25) is 0 Å². The van der Waals surface area contributed by atoms with E-state index in [9.17, 15) is 4.39 Å². The second-order valence-corrected chi connectivity index (χ2v) is 4.13. The Morgan fingerprint density at radius 2 is 2.40 bits per heavy atom. The molecule has 0 saturated carbocycles. The first kappa shape index (κ1) is 10.6. The minimum atomic E-state index is -0.217. The summed E-state index contributed by atoms with van der Waals surface area (Å²) in [6, 6.07) is 6.46. The molecule has 3 heteroatoms. The van der Waals surface area contributed by atoms with Crippen molar-refractivity contribution in [1.82, 2.24) is 0 Å². The molecule has 0 aliphatic carbocycles. The van der Waals surface area contributed by atoms with Crippen molar-refractivity contribution in [1.29, 1.82) is 0 Å². The van der Waals surface area contributed by atoms with Crippen LogP contribution in [0.4, 0.5) is 4.39 Å². The van der Waals surface area contributed by atoms with Crippen LogP contribution >= 0.6 is 0 Å². The molecule has 1 heterocycles. The highest BCUT2D eigenvalue weighted by Crippen LogP contribution is 2.24. The Morgan fingerprint density at radius 1 is 1.53 bits per heavy atom. The van der Waals surface area contributed by atoms with Gasteiger partial charge >= 0.3 is 0 Å². The molecule has 1 aromatic carbocycles. The van der Waals surface area contributed by atoms with E-state index in [0.717, 1.165) is 31.6 Å². The molecule has 2 unspecified atom stereocenters. The molecule has 2 rings (SSSR count). The van der Waals surface area contributed by atoms with E-state index >= 15 is 0 Å². The molecule has 1 aliphatic heterocycles. The highest BCUT2D eigenvalue weighted by molar-refractivity contribution is 5.19. The zero-order chi connectivity index (χ0) is 10.7. The van der Waals surface area contributed by atoms with Crippen molar-refractivity contribution >= 4 is 0 Å². The van der Waals surface area contributed by atoms with Crippen molar-refractivity contribution in [3.05, 3.63) is 35.6 Å². The fourth-order valence-corrected chi connectivity index (χ4v) is 2.00. The summed E-state index contributed by atoms with van der Waals surface area (Å²) in [6.45, 7) is 1.63. The van der Waals surface area contributed by atoms with Crippen molar-refractivity contribution in [2.24, 2.45) is 11.7 Å². The van der Waals surface area contributed by atoms with E-state index in [1.807, 2.05) is 6.07 Å². The van der Waals surface area contributed by atoms with Crippen LogP contribution < -0.4 is 5.73 Å². The first-order valence-electron chi connectivity index (χ1n) is 5.34. The maximum Gasteiger partial charge on any atom is 0.123 e. The Morgan fingerprint density at radius 3 is 3.07 bits per heavy atom. The predicted octanol–water partition coefficient (Wildman–Crippen LogP) is 2.25. The van der Waals surface area contributed by atoms with Crippen LogP contribution in [0.3, 0.4) is 0 Å². The average molecular weight is 209 g/mol. The molecule has 0 amide bonds. The van der Waals surface area contributed by atoms with E-state index in [1.165, 1.54) is 12.1 Å². The Bertz CT molecular complexity index is 323. The predicted molar refractivity (Wildman–Crippen MR) is 56.9 cm³/mol. The SMILES string of the molecule is NC(CC1CCOC1)c1cccc(F)c1. The fourth-order valence-electron chi connectivity index (χ4n) is 2.00. The number of rotatable bonds is 3. The van der Waals surface area contributed by atoms with E-state index < -0.39 is 0 Å². The summed E-state index contributed by atoms with van der Waals surface area (Å²) in [7, 11) is 0. The number of benzene rings is 1. The highest BCUT2D eigenvalue weighted by Gasteiger charge is 2.19. The molecule has 0 bridgehead atoms. The zero-order valence-electron chi connectivity index (χ0n) is 8.66. The minimum absolute atomic E-state index is 0.0765. The van der Waals surface area contributed by atoms with Gasteiger partial charge < -0.3 is 10.5 Å². The average Bonchev–Trinajstić information content (AvgIpc) is 2.70. The van der Waals surface area contributed by atoms with E-state index in [2.05, 4.69) is 0 Å². The topological polar surface area (TPSA) is 35.2 Å². The summed E-state index contributed by atoms with van der Waals surface area (Å²) in [5, 5.41) is 0. The van der Waals surface area contributed by atoms with Gasteiger partial charge in [0.05, 0.1) is 0 Å². The molecule has 1 aromatic rings. The summed E-state index contributed by atoms with van der Waals surface area (Å²) in [5.74, 6) is 0.314. The van der Waals surface area contributed by atoms with Crippen molar-refractivity contribution < 1.29 is 9.13 Å². The van der Waals surface area contributed by atoms with Gasteiger partial charge in [-0.05, 0) is 36.5 Å². The van der Waals surface area contributed by atoms with Crippen LogP contribution in [0.1, 0.15) is 24.4 Å². The smallest absolute Gasteiger partial charge is 0.123 e. The van der Waals surface area contributed by atoms with Gasteiger partial charge in [-0.2, -0.15) is 0 Å². The number of hydrogen-bond acceptors (Lipinski definition) is 2. The first-order valence-corrected chi connectivity index (χ1v) is 5.34. The fraction of sp³-hybridized carbons (Fsp3) is 0.500. The van der Waals surface area contributed by atoms with E-state index in [0.29, 0.717) is 5.92 Å². The quantitative estimate of drug-likeness (QED) is 0.828. The number of ether oxygens (including phenoxy) is 1. The lowest BCUT2D eigenvalue weighted by molar-refractivity contribution is 0.182. The number of halogens is 1. The molecule has 2 N–H and O–H groups in total. The third kappa shape index (κ3) is 2.76. The summed E-state index contributed by atoms with van der Waals surface area (Å²) in [5.41, 5.74) is 6.90. The molecule has 0 spiro atoms. The third-order valence-electron chi connectivity index (χ3n) is 2.89. The number of nitrogens with two attached hydrogens (primary N) is 1. The Balaban J connectivity index is 1.97. The maximum atomic E-state index is 13.0. The van der Waals surface area contributed by atoms with Gasteiger partial charge in [-0.15, -0.1) is 0 Å². The second-order valence-electron chi connectivity index (χ2n) is 4.13. The normalized spacial score (nSPS) is 22.9. The van der Waals surface area contributed by atoms with Crippen molar-refractivity contribution in [2.45, 2.75) is 18.9 Å². The van der Waals surface area contributed by atoms with Gasteiger partial charge in [-0.1, -0.05) is 12.1 Å². The molecule has 0 radical (unpaired) electrons. The summed E-state index contributed by atoms with van der Waals surface area (Å²) in [4.78, 5) is 0. The molecule has 2 nitrogen and oxygen atoms in total. The van der Waals surface area contributed by atoms with Gasteiger partial charge in [-0.3, -0.25) is 0 Å². The molecule has 1 aliphatic rings. The molecular weight excluding hydrogens is 193 g/mol. The first-order chi connectivity index (χ1) is 7.25. The van der Waals surface area contributed by atoms with Crippen LogP contribution in [0, 0.1) is 11.7 Å². The molecule has 0 aromatic heterocycles. The van der Waals surface area contributed by atoms with Crippen LogP contribution in [-0.2, 0) is 4.74 Å². The van der Waals surface area contributed by atoms with Crippen LogP contribution in [0.25, 0.3) is 0 Å². The molecule has 15 heavy (non-hydrogen) atoms. The molecular formula is C12H16FNO. The van der Waals surface area contributed by atoms with Crippen molar-refractivity contribution in [3.63, 3.8) is 0 Å². The lowest BCUT2D eigenvalue weighted by Gasteiger charge is -2.15. The molecule has 1 saturated heterocycles. The van der Waals surface area contributed by atoms with Crippen LogP contribution in [-0.4, -0.2) is 13.2 Å². The monoisotopic (exact) mass is 209 g/mol. The Hall–Kier alpha value is -0.930. The van der Waals surface area contributed by atoms with E-state index in [4.69, 9.17) is 10.5 Å². The van der Waals surface area contributed by atoms with Gasteiger partial charge in [-0.25, -0.2) is 4.39 Å². The van der Waals surface area contributed by atoms with Gasteiger partial charge in [0.2, 0.25) is 0 Å². The van der Waals surface area contributed by atoms with Gasteiger partial charge in [0.15, 0.2) is 0 Å². The zero-order valence-corrected chi connectivity index (χ0v) is 8.66.